The van der Waals surface area contributed by atoms with Gasteiger partial charge in [-0.1, -0.05) is 6.07 Å². The normalized spacial score (nSPS) is 23.1. The molecule has 4 nitrogen and oxygen atoms in total. The lowest BCUT2D eigenvalue weighted by atomic mass is 9.98. The Morgan fingerprint density at radius 2 is 2.17 bits per heavy atom. The van der Waals surface area contributed by atoms with E-state index in [1.807, 2.05) is 0 Å². The van der Waals surface area contributed by atoms with E-state index < -0.39 is 23.2 Å². The summed E-state index contributed by atoms with van der Waals surface area (Å²) in [5.41, 5.74) is -1.01. The summed E-state index contributed by atoms with van der Waals surface area (Å²) in [5, 5.41) is 9.23. The second kappa shape index (κ2) is 4.40. The molecule has 1 saturated heterocycles. The van der Waals surface area contributed by atoms with Gasteiger partial charge in [0, 0.05) is 12.1 Å². The van der Waals surface area contributed by atoms with Crippen molar-refractivity contribution in [1.29, 1.82) is 0 Å². The molecule has 0 aliphatic carbocycles. The van der Waals surface area contributed by atoms with Crippen LogP contribution in [0.5, 0.6) is 0 Å². The quantitative estimate of drug-likeness (QED) is 0.873. The summed E-state index contributed by atoms with van der Waals surface area (Å²) in [6, 6.07) is 5.31. The fraction of sp³-hybridized carbons (Fsp3) is 0.385. The van der Waals surface area contributed by atoms with E-state index in [9.17, 15) is 19.1 Å². The monoisotopic (exact) mass is 251 g/mol. The Balaban J connectivity index is 2.32. The zero-order valence-electron chi connectivity index (χ0n) is 10.0. The number of carbonyl (C=O) groups is 2. The summed E-state index contributed by atoms with van der Waals surface area (Å²) in [6.45, 7) is 1.91. The molecule has 0 spiro atoms. The third-order valence-corrected chi connectivity index (χ3v) is 3.42. The van der Waals surface area contributed by atoms with Crippen molar-refractivity contribution in [2.24, 2.45) is 0 Å². The Bertz CT molecular complexity index is 503. The van der Waals surface area contributed by atoms with Crippen LogP contribution in [-0.2, 0) is 4.79 Å². The molecule has 0 saturated carbocycles. The van der Waals surface area contributed by atoms with Gasteiger partial charge in [-0.3, -0.25) is 4.79 Å². The third kappa shape index (κ3) is 1.96. The number of rotatable bonds is 2. The van der Waals surface area contributed by atoms with Crippen LogP contribution in [0.1, 0.15) is 30.1 Å². The van der Waals surface area contributed by atoms with Gasteiger partial charge in [0.1, 0.15) is 11.4 Å². The van der Waals surface area contributed by atoms with Crippen molar-refractivity contribution in [1.82, 2.24) is 4.90 Å². The molecule has 1 unspecified atom stereocenters. The Morgan fingerprint density at radius 3 is 2.78 bits per heavy atom. The van der Waals surface area contributed by atoms with E-state index in [4.69, 9.17) is 0 Å². The minimum Gasteiger partial charge on any atom is -0.480 e. The minimum absolute atomic E-state index is 0.185. The summed E-state index contributed by atoms with van der Waals surface area (Å²) in [5.74, 6) is -1.96. The zero-order valence-corrected chi connectivity index (χ0v) is 10.0. The maximum atomic E-state index is 13.1. The number of carbonyl (C=O) groups excluding carboxylic acids is 1. The number of aliphatic carboxylic acids is 1. The van der Waals surface area contributed by atoms with Crippen LogP contribution in [0, 0.1) is 5.82 Å². The van der Waals surface area contributed by atoms with Crippen LogP contribution in [0.15, 0.2) is 24.3 Å². The highest BCUT2D eigenvalue weighted by Gasteiger charge is 2.46. The number of hydrogen-bond donors (Lipinski definition) is 1. The predicted molar refractivity (Wildman–Crippen MR) is 62.7 cm³/mol. The Kier molecular flexibility index (Phi) is 3.07. The number of nitrogens with zero attached hydrogens (tertiary/aromatic N) is 1. The molecule has 18 heavy (non-hydrogen) atoms. The van der Waals surface area contributed by atoms with E-state index >= 15 is 0 Å². The molecule has 2 rings (SSSR count). The van der Waals surface area contributed by atoms with E-state index in [-0.39, 0.29) is 5.56 Å². The van der Waals surface area contributed by atoms with Gasteiger partial charge in [0.25, 0.3) is 5.91 Å². The van der Waals surface area contributed by atoms with Crippen LogP contribution in [0.4, 0.5) is 4.39 Å². The molecule has 1 atom stereocenters. The van der Waals surface area contributed by atoms with Crippen molar-refractivity contribution < 1.29 is 19.1 Å². The highest BCUT2D eigenvalue weighted by molar-refractivity contribution is 5.98. The first-order valence-electron chi connectivity index (χ1n) is 5.76. The van der Waals surface area contributed by atoms with Crippen LogP contribution in [0.3, 0.4) is 0 Å². The first-order valence-corrected chi connectivity index (χ1v) is 5.76. The minimum atomic E-state index is -1.19. The molecular formula is C13H14FNO3. The van der Waals surface area contributed by atoms with Crippen LogP contribution < -0.4 is 0 Å². The average molecular weight is 251 g/mol. The summed E-state index contributed by atoms with van der Waals surface area (Å²) >= 11 is 0. The van der Waals surface area contributed by atoms with E-state index in [0.717, 1.165) is 6.07 Å². The number of hydrogen-bond acceptors (Lipinski definition) is 2. The van der Waals surface area contributed by atoms with E-state index in [1.54, 1.807) is 0 Å². The van der Waals surface area contributed by atoms with Gasteiger partial charge in [0.05, 0.1) is 0 Å². The third-order valence-electron chi connectivity index (χ3n) is 3.42. The second-order valence-electron chi connectivity index (χ2n) is 4.65. The lowest BCUT2D eigenvalue weighted by Crippen LogP contribution is -2.50. The largest absolute Gasteiger partial charge is 0.480 e. The smallest absolute Gasteiger partial charge is 0.329 e. The maximum Gasteiger partial charge on any atom is 0.329 e. The SMILES string of the molecule is CC1(C(=O)O)CCCN1C(=O)c1cccc(F)c1. The van der Waals surface area contributed by atoms with Gasteiger partial charge in [-0.05, 0) is 38.0 Å². The van der Waals surface area contributed by atoms with E-state index in [0.29, 0.717) is 19.4 Å². The van der Waals surface area contributed by atoms with E-state index in [2.05, 4.69) is 0 Å². The molecule has 1 N–H and O–H groups in total. The number of carboxylic acid groups (broad SMARTS) is 1. The number of likely N-dealkylation sites (tertiary alicyclic amines) is 1. The highest BCUT2D eigenvalue weighted by Crippen LogP contribution is 2.30. The van der Waals surface area contributed by atoms with Gasteiger partial charge < -0.3 is 10.0 Å². The molecule has 0 aromatic heterocycles. The van der Waals surface area contributed by atoms with Crippen molar-refractivity contribution in [2.75, 3.05) is 6.54 Å². The average Bonchev–Trinajstić information content (AvgIpc) is 2.72. The van der Waals surface area contributed by atoms with Gasteiger partial charge in [-0.15, -0.1) is 0 Å². The van der Waals surface area contributed by atoms with E-state index in [1.165, 1.54) is 30.0 Å². The molecule has 1 heterocycles. The molecule has 96 valence electrons. The van der Waals surface area contributed by atoms with Crippen LogP contribution in [-0.4, -0.2) is 34.0 Å². The molecule has 1 aliphatic heterocycles. The lowest BCUT2D eigenvalue weighted by molar-refractivity contribution is -0.147. The number of amides is 1. The molecule has 1 amide bonds. The van der Waals surface area contributed by atoms with Gasteiger partial charge in [-0.2, -0.15) is 0 Å². The first-order chi connectivity index (χ1) is 8.45. The fourth-order valence-electron chi connectivity index (χ4n) is 2.29. The summed E-state index contributed by atoms with van der Waals surface area (Å²) in [4.78, 5) is 24.8. The highest BCUT2D eigenvalue weighted by atomic mass is 19.1. The maximum absolute atomic E-state index is 13.1. The van der Waals surface area contributed by atoms with Gasteiger partial charge in [-0.25, -0.2) is 9.18 Å². The number of halogens is 1. The topological polar surface area (TPSA) is 57.6 Å². The summed E-state index contributed by atoms with van der Waals surface area (Å²) in [6.07, 6.45) is 1.06. The predicted octanol–water partition coefficient (Wildman–Crippen LogP) is 1.91. The Labute approximate surface area is 104 Å². The van der Waals surface area contributed by atoms with Crippen LogP contribution in [0.2, 0.25) is 0 Å². The lowest BCUT2D eigenvalue weighted by Gasteiger charge is -2.31. The molecule has 1 aromatic carbocycles. The fourth-order valence-corrected chi connectivity index (χ4v) is 2.29. The van der Waals surface area contributed by atoms with Crippen molar-refractivity contribution in [2.45, 2.75) is 25.3 Å². The Hall–Kier alpha value is -1.91. The van der Waals surface area contributed by atoms with Gasteiger partial charge in [0.2, 0.25) is 0 Å². The van der Waals surface area contributed by atoms with Crippen molar-refractivity contribution >= 4 is 11.9 Å². The molecule has 1 aliphatic rings. The van der Waals surface area contributed by atoms with Crippen molar-refractivity contribution in [3.63, 3.8) is 0 Å². The molecule has 1 aromatic rings. The standard InChI is InChI=1S/C13H14FNO3/c1-13(12(17)18)6-3-7-15(13)11(16)9-4-2-5-10(14)8-9/h2,4-5,8H,3,6-7H2,1H3,(H,17,18). The van der Waals surface area contributed by atoms with Gasteiger partial charge >= 0.3 is 5.97 Å². The van der Waals surface area contributed by atoms with Crippen molar-refractivity contribution in [3.05, 3.63) is 35.6 Å². The zero-order chi connectivity index (χ0) is 13.3. The van der Waals surface area contributed by atoms with Crippen LogP contribution >= 0.6 is 0 Å². The molecule has 0 bridgehead atoms. The first kappa shape index (κ1) is 12.5. The van der Waals surface area contributed by atoms with Crippen LogP contribution in [0.25, 0.3) is 0 Å². The van der Waals surface area contributed by atoms with Crippen molar-refractivity contribution in [3.8, 4) is 0 Å². The van der Waals surface area contributed by atoms with Gasteiger partial charge in [0.15, 0.2) is 0 Å². The summed E-state index contributed by atoms with van der Waals surface area (Å²) < 4.78 is 13.1. The molecule has 0 radical (unpaired) electrons. The molecule has 1 fully saturated rings. The molecule has 5 heteroatoms. The Morgan fingerprint density at radius 1 is 1.44 bits per heavy atom. The summed E-state index contributed by atoms with van der Waals surface area (Å²) in [7, 11) is 0. The molecular weight excluding hydrogens is 237 g/mol. The number of carboxylic acids is 1. The second-order valence-corrected chi connectivity index (χ2v) is 4.65. The number of benzene rings is 1.